The fraction of sp³-hybridized carbons (Fsp3) is 0.667. The first-order valence-corrected chi connectivity index (χ1v) is 11.7. The Labute approximate surface area is 180 Å². The summed E-state index contributed by atoms with van der Waals surface area (Å²) in [7, 11) is 0. The predicted molar refractivity (Wildman–Crippen MR) is 118 cm³/mol. The highest BCUT2D eigenvalue weighted by atomic mass is 16.3. The lowest BCUT2D eigenvalue weighted by Crippen LogP contribution is -2.65. The van der Waals surface area contributed by atoms with Crippen LogP contribution in [0.4, 0.5) is 0 Å². The first-order valence-electron chi connectivity index (χ1n) is 11.7. The van der Waals surface area contributed by atoms with Crippen molar-refractivity contribution in [3.8, 4) is 0 Å². The van der Waals surface area contributed by atoms with Gasteiger partial charge in [-0.3, -0.25) is 4.79 Å². The molecule has 8 unspecified atom stereocenters. The van der Waals surface area contributed by atoms with Gasteiger partial charge in [-0.1, -0.05) is 63.3 Å². The minimum Gasteiger partial charge on any atom is -0.390 e. The third kappa shape index (κ3) is 2.61. The van der Waals surface area contributed by atoms with E-state index in [0.29, 0.717) is 11.8 Å². The van der Waals surface area contributed by atoms with Gasteiger partial charge in [-0.2, -0.15) is 0 Å². The summed E-state index contributed by atoms with van der Waals surface area (Å²) in [6, 6.07) is 9.69. The summed E-state index contributed by atoms with van der Waals surface area (Å²) in [6.45, 7) is 8.63. The quantitative estimate of drug-likeness (QED) is 0.671. The van der Waals surface area contributed by atoms with E-state index < -0.39 is 17.1 Å². The molecule has 1 spiro atoms. The second-order valence-corrected chi connectivity index (χ2v) is 11.9. The molecular weight excluding hydrogens is 372 g/mol. The van der Waals surface area contributed by atoms with Crippen molar-refractivity contribution in [2.24, 2.45) is 39.9 Å². The molecule has 5 aliphatic carbocycles. The topological polar surface area (TPSA) is 57.5 Å². The SMILES string of the molecule is CC1(O)CC23C=CC1CC2C1(C)CC(C(O)c2ccccc2)C(=O)C(C)(C)C1CC3. The molecule has 162 valence electrons. The minimum absolute atomic E-state index is 0.0183. The zero-order valence-corrected chi connectivity index (χ0v) is 18.8. The van der Waals surface area contributed by atoms with E-state index in [-0.39, 0.29) is 28.4 Å². The van der Waals surface area contributed by atoms with Gasteiger partial charge < -0.3 is 10.2 Å². The minimum atomic E-state index is -0.756. The Kier molecular flexibility index (Phi) is 4.29. The molecule has 3 nitrogen and oxygen atoms in total. The highest BCUT2D eigenvalue weighted by molar-refractivity contribution is 5.88. The Hall–Kier alpha value is -1.45. The number of aliphatic hydroxyl groups excluding tert-OH is 1. The van der Waals surface area contributed by atoms with E-state index in [4.69, 9.17) is 0 Å². The van der Waals surface area contributed by atoms with Crippen LogP contribution < -0.4 is 0 Å². The van der Waals surface area contributed by atoms with Crippen LogP contribution in [0.2, 0.25) is 0 Å². The van der Waals surface area contributed by atoms with Gasteiger partial charge in [0.25, 0.3) is 0 Å². The molecule has 2 N–H and O–H groups in total. The molecule has 30 heavy (non-hydrogen) atoms. The molecule has 0 saturated heterocycles. The number of carbonyl (C=O) groups is 1. The average molecular weight is 409 g/mol. The normalized spacial score (nSPS) is 47.5. The summed E-state index contributed by atoms with van der Waals surface area (Å²) < 4.78 is 0. The smallest absolute Gasteiger partial charge is 0.144 e. The maximum Gasteiger partial charge on any atom is 0.144 e. The van der Waals surface area contributed by atoms with E-state index >= 15 is 0 Å². The first kappa shape index (κ1) is 20.5. The number of benzene rings is 1. The van der Waals surface area contributed by atoms with Gasteiger partial charge in [-0.25, -0.2) is 0 Å². The van der Waals surface area contributed by atoms with Gasteiger partial charge in [0, 0.05) is 17.3 Å². The van der Waals surface area contributed by atoms with E-state index in [1.165, 1.54) is 0 Å². The van der Waals surface area contributed by atoms with E-state index in [1.807, 2.05) is 37.3 Å². The lowest BCUT2D eigenvalue weighted by atomic mass is 9.36. The van der Waals surface area contributed by atoms with Crippen LogP contribution >= 0.6 is 0 Å². The van der Waals surface area contributed by atoms with Crippen LogP contribution in [0.15, 0.2) is 42.5 Å². The number of hydrogen-bond acceptors (Lipinski definition) is 3. The number of rotatable bonds is 2. The Bertz CT molecular complexity index is 885. The molecule has 0 amide bonds. The Morgan fingerprint density at radius 1 is 1.07 bits per heavy atom. The molecule has 0 heterocycles. The van der Waals surface area contributed by atoms with Crippen molar-refractivity contribution in [1.82, 2.24) is 0 Å². The molecule has 1 aromatic rings. The second-order valence-electron chi connectivity index (χ2n) is 11.9. The first-order chi connectivity index (χ1) is 14.0. The molecule has 1 aromatic carbocycles. The number of hydrogen-bond donors (Lipinski definition) is 2. The van der Waals surface area contributed by atoms with Crippen molar-refractivity contribution in [2.45, 2.75) is 71.5 Å². The number of Topliss-reactive ketones (excluding diaryl/α,β-unsaturated/α-hetero) is 1. The fourth-order valence-electron chi connectivity index (χ4n) is 8.51. The Balaban J connectivity index is 1.56. The highest BCUT2D eigenvalue weighted by Gasteiger charge is 2.67. The number of carbonyl (C=O) groups excluding carboxylic acids is 1. The molecule has 5 aliphatic rings. The van der Waals surface area contributed by atoms with E-state index in [9.17, 15) is 15.0 Å². The standard InChI is InChI=1S/C27H36O3/c1-24(2)20-11-13-27-12-10-18(26(4,30)16-27)14-21(27)25(20,3)15-19(23(24)29)22(28)17-8-6-5-7-9-17/h5-10,12,18-22,28,30H,11,13-16H2,1-4H3. The predicted octanol–water partition coefficient (Wildman–Crippen LogP) is 5.08. The average Bonchev–Trinajstić information content (AvgIpc) is 2.70. The van der Waals surface area contributed by atoms with Crippen LogP contribution in [-0.4, -0.2) is 21.6 Å². The maximum atomic E-state index is 13.7. The molecule has 0 aromatic heterocycles. The van der Waals surface area contributed by atoms with E-state index in [2.05, 4.69) is 32.9 Å². The van der Waals surface area contributed by atoms with E-state index in [0.717, 1.165) is 37.7 Å². The maximum absolute atomic E-state index is 13.7. The van der Waals surface area contributed by atoms with Gasteiger partial charge in [0.2, 0.25) is 0 Å². The molecule has 3 saturated carbocycles. The van der Waals surface area contributed by atoms with Crippen molar-refractivity contribution in [2.75, 3.05) is 0 Å². The molecule has 0 aliphatic heterocycles. The summed E-state index contributed by atoms with van der Waals surface area (Å²) in [6.07, 6.45) is 8.56. The van der Waals surface area contributed by atoms with Crippen LogP contribution in [0.25, 0.3) is 0 Å². The second kappa shape index (κ2) is 6.29. The number of fused-ring (bicyclic) bond motifs is 2. The largest absolute Gasteiger partial charge is 0.390 e. The zero-order valence-electron chi connectivity index (χ0n) is 18.8. The van der Waals surface area contributed by atoms with Gasteiger partial charge in [-0.15, -0.1) is 0 Å². The summed E-state index contributed by atoms with van der Waals surface area (Å²) in [4.78, 5) is 13.7. The summed E-state index contributed by atoms with van der Waals surface area (Å²) in [5, 5.41) is 22.4. The number of ketones is 1. The number of aliphatic hydroxyl groups is 2. The summed E-state index contributed by atoms with van der Waals surface area (Å²) in [5.74, 6) is 0.824. The Morgan fingerprint density at radius 2 is 1.77 bits per heavy atom. The highest BCUT2D eigenvalue weighted by Crippen LogP contribution is 2.71. The number of allylic oxidation sites excluding steroid dienone is 1. The van der Waals surface area contributed by atoms with Crippen molar-refractivity contribution >= 4 is 5.78 Å². The van der Waals surface area contributed by atoms with Crippen LogP contribution in [0, 0.1) is 39.9 Å². The van der Waals surface area contributed by atoms with Crippen LogP contribution in [0.1, 0.15) is 71.5 Å². The van der Waals surface area contributed by atoms with Crippen molar-refractivity contribution in [3.63, 3.8) is 0 Å². The van der Waals surface area contributed by atoms with Crippen LogP contribution in [-0.2, 0) is 4.79 Å². The molecule has 3 fully saturated rings. The van der Waals surface area contributed by atoms with Crippen molar-refractivity contribution in [3.05, 3.63) is 48.0 Å². The van der Waals surface area contributed by atoms with Gasteiger partial charge in [0.05, 0.1) is 11.7 Å². The van der Waals surface area contributed by atoms with Gasteiger partial charge in [-0.05, 0) is 67.3 Å². The Morgan fingerprint density at radius 3 is 2.43 bits per heavy atom. The third-order valence-electron chi connectivity index (χ3n) is 9.85. The van der Waals surface area contributed by atoms with Crippen LogP contribution in [0.5, 0.6) is 0 Å². The van der Waals surface area contributed by atoms with Crippen molar-refractivity contribution in [1.29, 1.82) is 0 Å². The lowest BCUT2D eigenvalue weighted by molar-refractivity contribution is -0.201. The van der Waals surface area contributed by atoms with Crippen molar-refractivity contribution < 1.29 is 15.0 Å². The van der Waals surface area contributed by atoms with Gasteiger partial charge >= 0.3 is 0 Å². The van der Waals surface area contributed by atoms with Crippen LogP contribution in [0.3, 0.4) is 0 Å². The molecule has 2 bridgehead atoms. The molecule has 3 heteroatoms. The zero-order chi connectivity index (χ0) is 21.5. The molecular formula is C27H36O3. The third-order valence-corrected chi connectivity index (χ3v) is 9.85. The summed E-state index contributed by atoms with van der Waals surface area (Å²) in [5.41, 5.74) is -0.222. The van der Waals surface area contributed by atoms with Gasteiger partial charge in [0.1, 0.15) is 5.78 Å². The lowest BCUT2D eigenvalue weighted by Gasteiger charge is -2.68. The molecule has 0 radical (unpaired) electrons. The monoisotopic (exact) mass is 408 g/mol. The van der Waals surface area contributed by atoms with E-state index in [1.54, 1.807) is 0 Å². The van der Waals surface area contributed by atoms with Gasteiger partial charge in [0.15, 0.2) is 0 Å². The molecule has 8 atom stereocenters. The fourth-order valence-corrected chi connectivity index (χ4v) is 8.51. The molecule has 6 rings (SSSR count). The summed E-state index contributed by atoms with van der Waals surface area (Å²) >= 11 is 0.